The van der Waals surface area contributed by atoms with Gasteiger partial charge in [-0.2, -0.15) is 5.10 Å². The van der Waals surface area contributed by atoms with Crippen molar-refractivity contribution in [1.82, 2.24) is 24.6 Å². The number of aromatic nitrogens is 4. The number of nitrogens with one attached hydrogen (secondary N) is 1. The maximum absolute atomic E-state index is 13.5. The van der Waals surface area contributed by atoms with Crippen molar-refractivity contribution in [2.24, 2.45) is 30.2 Å². The third-order valence-electron chi connectivity index (χ3n) is 8.38. The Morgan fingerprint density at radius 2 is 1.78 bits per heavy atom. The van der Waals surface area contributed by atoms with Crippen LogP contribution in [0.1, 0.15) is 66.0 Å². The van der Waals surface area contributed by atoms with Crippen molar-refractivity contribution < 1.29 is 9.59 Å². The molecule has 0 radical (unpaired) electrons. The van der Waals surface area contributed by atoms with E-state index in [1.807, 2.05) is 20.0 Å². The van der Waals surface area contributed by atoms with E-state index in [0.717, 1.165) is 54.0 Å². The summed E-state index contributed by atoms with van der Waals surface area (Å²) in [6.45, 7) is 2.91. The molecule has 0 unspecified atom stereocenters. The fraction of sp³-hybridized carbons (Fsp3) is 0.625. The Bertz CT molecular complexity index is 1050. The average molecular weight is 435 g/mol. The van der Waals surface area contributed by atoms with Crippen molar-refractivity contribution in [3.05, 3.63) is 35.0 Å². The molecule has 0 saturated heterocycles. The monoisotopic (exact) mass is 434 g/mol. The highest BCUT2D eigenvalue weighted by molar-refractivity contribution is 5.96. The van der Waals surface area contributed by atoms with Crippen LogP contribution in [0.15, 0.2) is 12.4 Å². The van der Waals surface area contributed by atoms with E-state index in [-0.39, 0.29) is 17.2 Å². The fourth-order valence-corrected chi connectivity index (χ4v) is 7.09. The molecule has 4 bridgehead atoms. The number of aryl methyl sites for hydroxylation is 2. The lowest BCUT2D eigenvalue weighted by atomic mass is 9.49. The van der Waals surface area contributed by atoms with E-state index in [0.29, 0.717) is 31.0 Å². The quantitative estimate of drug-likeness (QED) is 0.802. The largest absolute Gasteiger partial charge is 0.331 e. The van der Waals surface area contributed by atoms with Crippen LogP contribution < -0.4 is 5.32 Å². The Morgan fingerprint density at radius 1 is 1.09 bits per heavy atom. The molecule has 4 saturated carbocycles. The van der Waals surface area contributed by atoms with Gasteiger partial charge >= 0.3 is 0 Å². The highest BCUT2D eigenvalue weighted by Crippen LogP contribution is 2.60. The van der Waals surface area contributed by atoms with Crippen molar-refractivity contribution >= 4 is 17.6 Å². The van der Waals surface area contributed by atoms with E-state index < -0.39 is 0 Å². The number of anilines is 1. The minimum absolute atomic E-state index is 0.0860. The van der Waals surface area contributed by atoms with Gasteiger partial charge < -0.3 is 10.2 Å². The van der Waals surface area contributed by atoms with E-state index in [1.165, 1.54) is 25.6 Å². The SMILES string of the molecule is Cc1cc(C(=O)N2CCc3c(ncnc3NC(=O)C34CC5CC(CC(C5)C3)C4)C2)nn1C. The molecule has 0 aromatic carbocycles. The molecule has 4 aliphatic carbocycles. The van der Waals surface area contributed by atoms with Crippen molar-refractivity contribution in [3.63, 3.8) is 0 Å². The van der Waals surface area contributed by atoms with E-state index in [4.69, 9.17) is 0 Å². The lowest BCUT2D eigenvalue weighted by molar-refractivity contribution is -0.140. The summed E-state index contributed by atoms with van der Waals surface area (Å²) in [5.74, 6) is 2.87. The Labute approximate surface area is 187 Å². The minimum Gasteiger partial charge on any atom is -0.331 e. The average Bonchev–Trinajstić information content (AvgIpc) is 3.10. The molecular weight excluding hydrogens is 404 g/mol. The molecule has 3 heterocycles. The second-order valence-corrected chi connectivity index (χ2v) is 10.6. The lowest BCUT2D eigenvalue weighted by Crippen LogP contribution is -2.52. The standard InChI is InChI=1S/C24H30N6O2/c1-14-5-19(28-29(14)2)22(31)30-4-3-18-20(12-30)25-13-26-21(18)27-23(32)24-9-15-6-16(10-24)8-17(7-15)11-24/h5,13,15-17H,3-4,6-12H2,1-2H3,(H,25,26,27,32). The van der Waals surface area contributed by atoms with Gasteiger partial charge in [-0.3, -0.25) is 14.3 Å². The van der Waals surface area contributed by atoms with E-state index in [1.54, 1.807) is 9.58 Å². The first-order valence-electron chi connectivity index (χ1n) is 11.8. The maximum atomic E-state index is 13.5. The summed E-state index contributed by atoms with van der Waals surface area (Å²) < 4.78 is 1.71. The predicted molar refractivity (Wildman–Crippen MR) is 118 cm³/mol. The van der Waals surface area contributed by atoms with E-state index >= 15 is 0 Å². The zero-order chi connectivity index (χ0) is 22.0. The van der Waals surface area contributed by atoms with Gasteiger partial charge in [0.2, 0.25) is 5.91 Å². The molecule has 1 aliphatic heterocycles. The fourth-order valence-electron chi connectivity index (χ4n) is 7.09. The Kier molecular flexibility index (Phi) is 4.42. The van der Waals surface area contributed by atoms with Crippen molar-refractivity contribution in [3.8, 4) is 0 Å². The minimum atomic E-state index is -0.208. The van der Waals surface area contributed by atoms with Crippen LogP contribution in [0.25, 0.3) is 0 Å². The van der Waals surface area contributed by atoms with Gasteiger partial charge in [0, 0.05) is 24.8 Å². The second kappa shape index (κ2) is 7.12. The molecule has 2 aromatic rings. The summed E-state index contributed by atoms with van der Waals surface area (Å²) in [7, 11) is 1.84. The number of nitrogens with zero attached hydrogens (tertiary/aromatic N) is 5. The summed E-state index contributed by atoms with van der Waals surface area (Å²) in [5, 5.41) is 7.53. The lowest BCUT2D eigenvalue weighted by Gasteiger charge is -2.55. The molecule has 7 rings (SSSR count). The van der Waals surface area contributed by atoms with Crippen LogP contribution in [0, 0.1) is 30.1 Å². The van der Waals surface area contributed by atoms with Crippen LogP contribution in [-0.4, -0.2) is 43.0 Å². The molecule has 32 heavy (non-hydrogen) atoms. The van der Waals surface area contributed by atoms with Crippen molar-refractivity contribution in [1.29, 1.82) is 0 Å². The molecule has 168 valence electrons. The molecule has 2 aromatic heterocycles. The first-order chi connectivity index (χ1) is 15.4. The van der Waals surface area contributed by atoms with E-state index in [9.17, 15) is 9.59 Å². The van der Waals surface area contributed by atoms with Crippen LogP contribution in [0.5, 0.6) is 0 Å². The zero-order valence-electron chi connectivity index (χ0n) is 18.8. The maximum Gasteiger partial charge on any atom is 0.274 e. The van der Waals surface area contributed by atoms with Crippen LogP contribution in [0.4, 0.5) is 5.82 Å². The normalized spacial score (nSPS) is 30.3. The topological polar surface area (TPSA) is 93.0 Å². The molecule has 0 spiro atoms. The number of carbonyl (C=O) groups is 2. The number of hydrogen-bond donors (Lipinski definition) is 1. The van der Waals surface area contributed by atoms with E-state index in [2.05, 4.69) is 20.4 Å². The van der Waals surface area contributed by atoms with Crippen molar-refractivity contribution in [2.45, 2.75) is 58.4 Å². The van der Waals surface area contributed by atoms with Gasteiger partial charge in [-0.25, -0.2) is 9.97 Å². The highest BCUT2D eigenvalue weighted by Gasteiger charge is 2.54. The van der Waals surface area contributed by atoms with Crippen LogP contribution >= 0.6 is 0 Å². The Morgan fingerprint density at radius 3 is 2.41 bits per heavy atom. The summed E-state index contributed by atoms with van der Waals surface area (Å²) in [4.78, 5) is 37.1. The first-order valence-corrected chi connectivity index (χ1v) is 11.8. The summed E-state index contributed by atoms with van der Waals surface area (Å²) >= 11 is 0. The number of fused-ring (bicyclic) bond motifs is 1. The third-order valence-corrected chi connectivity index (χ3v) is 8.38. The Balaban J connectivity index is 1.20. The molecular formula is C24H30N6O2. The summed E-state index contributed by atoms with van der Waals surface area (Å²) in [5.41, 5.74) is 2.97. The number of rotatable bonds is 3. The number of carbonyl (C=O) groups excluding carboxylic acids is 2. The first kappa shape index (κ1) is 19.9. The number of hydrogen-bond acceptors (Lipinski definition) is 5. The molecule has 8 heteroatoms. The van der Waals surface area contributed by atoms with Crippen LogP contribution in [0.2, 0.25) is 0 Å². The van der Waals surface area contributed by atoms with Crippen LogP contribution in [0.3, 0.4) is 0 Å². The molecule has 1 N–H and O–H groups in total. The summed E-state index contributed by atoms with van der Waals surface area (Å²) in [6.07, 6.45) is 9.17. The van der Waals surface area contributed by atoms with Crippen molar-refractivity contribution in [2.75, 3.05) is 11.9 Å². The van der Waals surface area contributed by atoms with Gasteiger partial charge in [0.15, 0.2) is 5.69 Å². The predicted octanol–water partition coefficient (Wildman–Crippen LogP) is 2.87. The molecule has 2 amide bonds. The van der Waals surface area contributed by atoms with Gasteiger partial charge in [-0.1, -0.05) is 0 Å². The van der Waals surface area contributed by atoms with Gasteiger partial charge in [-0.05, 0) is 75.7 Å². The van der Waals surface area contributed by atoms with Gasteiger partial charge in [0.05, 0.1) is 17.7 Å². The van der Waals surface area contributed by atoms with Crippen LogP contribution in [-0.2, 0) is 24.8 Å². The molecule has 4 fully saturated rings. The molecule has 5 aliphatic rings. The van der Waals surface area contributed by atoms with Gasteiger partial charge in [0.1, 0.15) is 12.1 Å². The molecule has 0 atom stereocenters. The number of amides is 2. The van der Waals surface area contributed by atoms with Gasteiger partial charge in [0.25, 0.3) is 5.91 Å². The van der Waals surface area contributed by atoms with Gasteiger partial charge in [-0.15, -0.1) is 0 Å². The zero-order valence-corrected chi connectivity index (χ0v) is 18.8. The second-order valence-electron chi connectivity index (χ2n) is 10.6. The Hall–Kier alpha value is -2.77. The highest BCUT2D eigenvalue weighted by atomic mass is 16.2. The summed E-state index contributed by atoms with van der Waals surface area (Å²) in [6, 6.07) is 1.81. The smallest absolute Gasteiger partial charge is 0.274 e. The third kappa shape index (κ3) is 3.14. The molecule has 8 nitrogen and oxygen atoms in total.